The zero-order valence-electron chi connectivity index (χ0n) is 16.7. The Morgan fingerprint density at radius 2 is 2.00 bits per heavy atom. The highest BCUT2D eigenvalue weighted by atomic mass is 35.5. The number of nitrogens with zero attached hydrogens (tertiary/aromatic N) is 2. The maximum absolute atomic E-state index is 13.1. The number of Topliss-reactive ketones (excluding diaryl/α,β-unsaturated/α-hetero) is 1. The minimum atomic E-state index is -0.903. The van der Waals surface area contributed by atoms with Crippen molar-refractivity contribution in [3.05, 3.63) is 80.3 Å². The van der Waals surface area contributed by atoms with Crippen LogP contribution in [0, 0.1) is 0 Å². The average molecular weight is 487 g/mol. The maximum atomic E-state index is 13.1. The van der Waals surface area contributed by atoms with Gasteiger partial charge in [0, 0.05) is 23.6 Å². The second-order valence-electron chi connectivity index (χ2n) is 7.61. The third-order valence-electron chi connectivity index (χ3n) is 5.50. The molecule has 1 aromatic heterocycles. The SMILES string of the molecule is CC1Cc2cc(C(O)=C3C(=O)C(=O)N(c4nccs4)C3c3ccc(Cl)c(Cl)c3)ccc2O1. The number of anilines is 1. The van der Waals surface area contributed by atoms with Crippen LogP contribution in [0.2, 0.25) is 10.0 Å². The Hall–Kier alpha value is -2.87. The molecule has 1 fully saturated rings. The molecule has 32 heavy (non-hydrogen) atoms. The van der Waals surface area contributed by atoms with Crippen LogP contribution in [0.4, 0.5) is 5.13 Å². The number of benzene rings is 2. The second kappa shape index (κ2) is 7.92. The Balaban J connectivity index is 1.70. The molecule has 5 rings (SSSR count). The number of hydrogen-bond acceptors (Lipinski definition) is 6. The maximum Gasteiger partial charge on any atom is 0.301 e. The van der Waals surface area contributed by atoms with Crippen molar-refractivity contribution in [2.24, 2.45) is 0 Å². The van der Waals surface area contributed by atoms with Gasteiger partial charge in [0.1, 0.15) is 17.6 Å². The van der Waals surface area contributed by atoms with Crippen LogP contribution in [0.1, 0.15) is 29.7 Å². The van der Waals surface area contributed by atoms with Crippen molar-refractivity contribution in [2.45, 2.75) is 25.5 Å². The molecule has 1 saturated heterocycles. The number of carbonyl (C=O) groups is 2. The number of carbonyl (C=O) groups excluding carboxylic acids is 2. The number of fused-ring (bicyclic) bond motifs is 1. The van der Waals surface area contributed by atoms with Gasteiger partial charge in [0.05, 0.1) is 21.7 Å². The zero-order chi connectivity index (χ0) is 22.6. The van der Waals surface area contributed by atoms with Crippen molar-refractivity contribution >= 4 is 57.1 Å². The molecule has 0 spiro atoms. The molecule has 2 unspecified atom stereocenters. The quantitative estimate of drug-likeness (QED) is 0.304. The number of aliphatic hydroxyl groups excluding tert-OH is 1. The van der Waals surface area contributed by atoms with E-state index in [0.29, 0.717) is 27.7 Å². The monoisotopic (exact) mass is 486 g/mol. The largest absolute Gasteiger partial charge is 0.507 e. The highest BCUT2D eigenvalue weighted by Gasteiger charge is 2.48. The molecule has 2 aliphatic rings. The fourth-order valence-corrected chi connectivity index (χ4v) is 5.06. The van der Waals surface area contributed by atoms with Crippen LogP contribution in [0.3, 0.4) is 0 Å². The Labute approximate surface area is 197 Å². The Bertz CT molecular complexity index is 1290. The van der Waals surface area contributed by atoms with Gasteiger partial charge in [0.15, 0.2) is 5.13 Å². The van der Waals surface area contributed by atoms with E-state index in [-0.39, 0.29) is 22.5 Å². The molecule has 0 aliphatic carbocycles. The molecule has 1 amide bonds. The fraction of sp³-hybridized carbons (Fsp3) is 0.174. The van der Waals surface area contributed by atoms with Crippen molar-refractivity contribution in [1.29, 1.82) is 0 Å². The molecule has 6 nitrogen and oxygen atoms in total. The van der Waals surface area contributed by atoms with E-state index in [0.717, 1.165) is 11.3 Å². The number of thiazole rings is 1. The van der Waals surface area contributed by atoms with Gasteiger partial charge in [-0.3, -0.25) is 14.5 Å². The molecule has 2 aromatic carbocycles. The van der Waals surface area contributed by atoms with Gasteiger partial charge in [-0.1, -0.05) is 29.3 Å². The predicted octanol–water partition coefficient (Wildman–Crippen LogP) is 5.40. The molecule has 162 valence electrons. The van der Waals surface area contributed by atoms with Crippen molar-refractivity contribution in [2.75, 3.05) is 4.90 Å². The Morgan fingerprint density at radius 3 is 2.72 bits per heavy atom. The van der Waals surface area contributed by atoms with Gasteiger partial charge in [-0.15, -0.1) is 11.3 Å². The van der Waals surface area contributed by atoms with E-state index in [4.69, 9.17) is 27.9 Å². The summed E-state index contributed by atoms with van der Waals surface area (Å²) in [5, 5.41) is 13.9. The van der Waals surface area contributed by atoms with Crippen LogP contribution in [0.5, 0.6) is 5.75 Å². The number of aromatic nitrogens is 1. The lowest BCUT2D eigenvalue weighted by Gasteiger charge is -2.23. The molecule has 3 heterocycles. The van der Waals surface area contributed by atoms with Crippen molar-refractivity contribution in [1.82, 2.24) is 4.98 Å². The lowest BCUT2D eigenvalue weighted by molar-refractivity contribution is -0.132. The molecule has 0 saturated carbocycles. The van der Waals surface area contributed by atoms with E-state index in [2.05, 4.69) is 4.98 Å². The molecule has 0 radical (unpaired) electrons. The van der Waals surface area contributed by atoms with E-state index in [1.165, 1.54) is 16.2 Å². The average Bonchev–Trinajstić information content (AvgIpc) is 3.47. The first kappa shape index (κ1) is 21.0. The number of amides is 1. The summed E-state index contributed by atoms with van der Waals surface area (Å²) >= 11 is 13.5. The third kappa shape index (κ3) is 3.37. The molecule has 3 aromatic rings. The van der Waals surface area contributed by atoms with Gasteiger partial charge >= 0.3 is 5.91 Å². The summed E-state index contributed by atoms with van der Waals surface area (Å²) in [7, 11) is 0. The van der Waals surface area contributed by atoms with Crippen molar-refractivity contribution in [3.8, 4) is 5.75 Å². The molecule has 2 aliphatic heterocycles. The summed E-state index contributed by atoms with van der Waals surface area (Å²) in [6.07, 6.45) is 2.28. The van der Waals surface area contributed by atoms with Gasteiger partial charge in [-0.05, 0) is 48.4 Å². The van der Waals surface area contributed by atoms with Crippen LogP contribution < -0.4 is 9.64 Å². The molecule has 9 heteroatoms. The topological polar surface area (TPSA) is 79.7 Å². The summed E-state index contributed by atoms with van der Waals surface area (Å²) in [4.78, 5) is 31.7. The summed E-state index contributed by atoms with van der Waals surface area (Å²) in [6.45, 7) is 1.96. The van der Waals surface area contributed by atoms with E-state index < -0.39 is 17.7 Å². The molecule has 0 bridgehead atoms. The number of halogens is 2. The van der Waals surface area contributed by atoms with Crippen LogP contribution in [-0.4, -0.2) is 27.9 Å². The zero-order valence-corrected chi connectivity index (χ0v) is 19.0. The van der Waals surface area contributed by atoms with Gasteiger partial charge in [0.2, 0.25) is 0 Å². The second-order valence-corrected chi connectivity index (χ2v) is 9.30. The fourth-order valence-electron chi connectivity index (χ4n) is 4.09. The molecular weight excluding hydrogens is 471 g/mol. The minimum absolute atomic E-state index is 0.0319. The lowest BCUT2D eigenvalue weighted by Crippen LogP contribution is -2.29. The van der Waals surface area contributed by atoms with Crippen LogP contribution in [0.15, 0.2) is 53.5 Å². The highest BCUT2D eigenvalue weighted by Crippen LogP contribution is 2.44. The van der Waals surface area contributed by atoms with Crippen LogP contribution >= 0.6 is 34.5 Å². The summed E-state index contributed by atoms with van der Waals surface area (Å²) in [6, 6.07) is 9.18. The summed E-state index contributed by atoms with van der Waals surface area (Å²) in [5.74, 6) is -1.08. The Morgan fingerprint density at radius 1 is 1.19 bits per heavy atom. The van der Waals surface area contributed by atoms with Gasteiger partial charge in [-0.2, -0.15) is 0 Å². The third-order valence-corrected chi connectivity index (χ3v) is 7.01. The first-order valence-electron chi connectivity index (χ1n) is 9.80. The standard InChI is InChI=1S/C23H16Cl2N2O4S/c1-11-8-14-9-13(3-5-17(14)31-11)20(28)18-19(12-2-4-15(24)16(25)10-12)27(22(30)21(18)29)23-26-6-7-32-23/h2-7,9-11,19,28H,8H2,1H3. The number of aliphatic hydroxyl groups is 1. The van der Waals surface area contributed by atoms with Crippen molar-refractivity contribution in [3.63, 3.8) is 0 Å². The van der Waals surface area contributed by atoms with Gasteiger partial charge in [-0.25, -0.2) is 4.98 Å². The van der Waals surface area contributed by atoms with Crippen molar-refractivity contribution < 1.29 is 19.4 Å². The molecular formula is C23H16Cl2N2O4S. The predicted molar refractivity (Wildman–Crippen MR) is 124 cm³/mol. The van der Waals surface area contributed by atoms with E-state index in [1.807, 2.05) is 6.92 Å². The van der Waals surface area contributed by atoms with Gasteiger partial charge < -0.3 is 9.84 Å². The number of ether oxygens (including phenoxy) is 1. The summed E-state index contributed by atoms with van der Waals surface area (Å²) in [5.41, 5.74) is 1.87. The Kier molecular flexibility index (Phi) is 5.20. The van der Waals surface area contributed by atoms with E-state index in [9.17, 15) is 14.7 Å². The van der Waals surface area contributed by atoms with Gasteiger partial charge in [0.25, 0.3) is 5.78 Å². The first-order chi connectivity index (χ1) is 15.3. The van der Waals surface area contributed by atoms with Crippen LogP contribution in [0.25, 0.3) is 5.76 Å². The molecule has 2 atom stereocenters. The minimum Gasteiger partial charge on any atom is -0.507 e. The van der Waals surface area contributed by atoms with Crippen LogP contribution in [-0.2, 0) is 16.0 Å². The smallest absolute Gasteiger partial charge is 0.301 e. The molecule has 1 N–H and O–H groups in total. The number of rotatable bonds is 3. The summed E-state index contributed by atoms with van der Waals surface area (Å²) < 4.78 is 5.72. The number of ketones is 1. The van der Waals surface area contributed by atoms with E-state index in [1.54, 1.807) is 48.0 Å². The first-order valence-corrected chi connectivity index (χ1v) is 11.4. The lowest BCUT2D eigenvalue weighted by atomic mass is 9.94. The normalized spacial score (nSPS) is 21.7. The van der Waals surface area contributed by atoms with E-state index >= 15 is 0 Å². The number of hydrogen-bond donors (Lipinski definition) is 1. The highest BCUT2D eigenvalue weighted by molar-refractivity contribution is 7.14.